The summed E-state index contributed by atoms with van der Waals surface area (Å²) in [6.45, 7) is 5.24. The van der Waals surface area contributed by atoms with Crippen LogP contribution >= 0.6 is 0 Å². The fourth-order valence-corrected chi connectivity index (χ4v) is 0.479. The van der Waals surface area contributed by atoms with Crippen LogP contribution in [0.4, 0.5) is 0 Å². The number of rotatable bonds is 3. The normalized spacial score (nSPS) is 7.32. The van der Waals surface area contributed by atoms with Crippen LogP contribution in [0.15, 0.2) is 0 Å². The van der Waals surface area contributed by atoms with E-state index in [4.69, 9.17) is 19.8 Å². The van der Waals surface area contributed by atoms with Crippen molar-refractivity contribution in [3.8, 4) is 0 Å². The zero-order chi connectivity index (χ0) is 17.6. The van der Waals surface area contributed by atoms with Gasteiger partial charge in [0.25, 0.3) is 17.9 Å². The predicted molar refractivity (Wildman–Crippen MR) is 68.2 cm³/mol. The summed E-state index contributed by atoms with van der Waals surface area (Å²) in [5.74, 6) is -4.31. The topological polar surface area (TPSA) is 159 Å². The second kappa shape index (κ2) is 17.2. The average Bonchev–Trinajstić information content (AvgIpc) is 2.10. The molecule has 12 heteroatoms. The molecule has 0 radical (unpaired) electrons. The predicted octanol–water partition coefficient (Wildman–Crippen LogP) is -3.21. The first-order chi connectivity index (χ1) is 9.38. The van der Waals surface area contributed by atoms with E-state index in [0.29, 0.717) is 0 Å². The molecule has 10 nitrogen and oxygen atoms in total. The van der Waals surface area contributed by atoms with Gasteiger partial charge in [0.2, 0.25) is 0 Å². The van der Waals surface area contributed by atoms with Crippen LogP contribution in [0.5, 0.6) is 0 Å². The summed E-state index contributed by atoms with van der Waals surface area (Å²) in [4.78, 5) is 49.0. The average molecular weight is 330 g/mol. The third-order valence-corrected chi connectivity index (χ3v) is 0.787. The summed E-state index contributed by atoms with van der Waals surface area (Å²) in [6.07, 6.45) is 0. The molecule has 0 heterocycles. The number of carbonyl (C=O) groups excluding carboxylic acids is 5. The first-order valence-corrected chi connectivity index (χ1v) is 5.25. The molecule has 0 bridgehead atoms. The van der Waals surface area contributed by atoms with Crippen molar-refractivity contribution >= 4 is 60.2 Å². The van der Waals surface area contributed by atoms with Crippen LogP contribution in [0.1, 0.15) is 34.6 Å². The second-order valence-corrected chi connectivity index (χ2v) is 3.10. The smallest absolute Gasteiger partial charge is 0.550 e. The van der Waals surface area contributed by atoms with Crippen LogP contribution < -0.4 is 10.2 Å². The minimum Gasteiger partial charge on any atom is -0.550 e. The van der Waals surface area contributed by atoms with E-state index in [9.17, 15) is 14.4 Å². The van der Waals surface area contributed by atoms with Crippen molar-refractivity contribution in [3.05, 3.63) is 0 Å². The maximum absolute atomic E-state index is 10.4. The molecular formula is C10H15BMgO10. The van der Waals surface area contributed by atoms with Gasteiger partial charge < -0.3 is 33.8 Å². The first-order valence-electron chi connectivity index (χ1n) is 5.25. The van der Waals surface area contributed by atoms with Crippen LogP contribution in [-0.2, 0) is 37.9 Å². The quantitative estimate of drug-likeness (QED) is 0.482. The van der Waals surface area contributed by atoms with E-state index in [1.807, 2.05) is 0 Å². The van der Waals surface area contributed by atoms with Crippen LogP contribution in [0.25, 0.3) is 0 Å². The molecule has 0 aliphatic carbocycles. The number of carboxylic acids is 2. The fourth-order valence-electron chi connectivity index (χ4n) is 0.479. The Kier molecular flexibility index (Phi) is 22.2. The number of carboxylic acid groups (broad SMARTS) is 2. The molecule has 0 amide bonds. The van der Waals surface area contributed by atoms with Crippen molar-refractivity contribution in [2.75, 3.05) is 0 Å². The van der Waals surface area contributed by atoms with Crippen molar-refractivity contribution in [1.29, 1.82) is 0 Å². The van der Waals surface area contributed by atoms with Crippen molar-refractivity contribution in [1.82, 2.24) is 0 Å². The zero-order valence-electron chi connectivity index (χ0n) is 12.9. The molecule has 0 saturated heterocycles. The number of hydrogen-bond donors (Lipinski definition) is 0. The summed E-state index contributed by atoms with van der Waals surface area (Å²) in [5.41, 5.74) is 0. The largest absolute Gasteiger partial charge is 2.00 e. The molecule has 0 aromatic rings. The Morgan fingerprint density at radius 1 is 0.636 bits per heavy atom. The summed E-state index contributed by atoms with van der Waals surface area (Å²) >= 11 is 0. The van der Waals surface area contributed by atoms with Crippen molar-refractivity contribution in [3.63, 3.8) is 0 Å². The number of carbonyl (C=O) groups is 5. The Labute approximate surface area is 143 Å². The standard InChI is InChI=1S/C6H9BO6.2C2H4O2.Mg/c1-4(8)11-7(12-5(2)9)13-6(3)10;2*1-2(3)4;/h1-3H3;2*1H3,(H,3,4);/q;;;+2/p-2. The molecule has 0 fully saturated rings. The van der Waals surface area contributed by atoms with E-state index in [-0.39, 0.29) is 23.1 Å². The molecule has 0 aliphatic heterocycles. The Morgan fingerprint density at radius 3 is 0.864 bits per heavy atom. The Bertz CT molecular complexity index is 326. The number of aliphatic carboxylic acids is 2. The van der Waals surface area contributed by atoms with Gasteiger partial charge in [-0.2, -0.15) is 0 Å². The molecule has 0 saturated carbocycles. The van der Waals surface area contributed by atoms with Gasteiger partial charge in [-0.25, -0.2) is 0 Å². The molecule has 0 unspecified atom stereocenters. The van der Waals surface area contributed by atoms with Crippen LogP contribution in [0, 0.1) is 0 Å². The summed E-state index contributed by atoms with van der Waals surface area (Å²) in [7, 11) is -1.59. The summed E-state index contributed by atoms with van der Waals surface area (Å²) < 4.78 is 13.0. The maximum atomic E-state index is 10.4. The zero-order valence-corrected chi connectivity index (χ0v) is 14.3. The Morgan fingerprint density at radius 2 is 0.773 bits per heavy atom. The van der Waals surface area contributed by atoms with Gasteiger partial charge in [-0.05, 0) is 13.8 Å². The van der Waals surface area contributed by atoms with Gasteiger partial charge in [0.15, 0.2) is 0 Å². The third-order valence-electron chi connectivity index (χ3n) is 0.787. The summed E-state index contributed by atoms with van der Waals surface area (Å²) in [6, 6.07) is 0. The van der Waals surface area contributed by atoms with E-state index in [1.165, 1.54) is 0 Å². The van der Waals surface area contributed by atoms with Gasteiger partial charge in [0, 0.05) is 32.7 Å². The Hall–Kier alpha value is -1.82. The van der Waals surface area contributed by atoms with Gasteiger partial charge in [-0.15, -0.1) is 0 Å². The van der Waals surface area contributed by atoms with Gasteiger partial charge in [-0.1, -0.05) is 0 Å². The molecule has 0 aromatic heterocycles. The minimum absolute atomic E-state index is 0. The SMILES string of the molecule is CC(=O)OB(OC(C)=O)OC(C)=O.CC(=O)[O-].CC(=O)[O-].[Mg+2]. The van der Waals surface area contributed by atoms with Crippen LogP contribution in [0.3, 0.4) is 0 Å². The van der Waals surface area contributed by atoms with Gasteiger partial charge in [0.1, 0.15) is 0 Å². The van der Waals surface area contributed by atoms with E-state index < -0.39 is 37.2 Å². The molecule has 0 rings (SSSR count). The van der Waals surface area contributed by atoms with Crippen LogP contribution in [-0.4, -0.2) is 60.2 Å². The molecule has 120 valence electrons. The monoisotopic (exact) mass is 330 g/mol. The molecule has 22 heavy (non-hydrogen) atoms. The second-order valence-electron chi connectivity index (χ2n) is 3.10. The number of hydrogen-bond acceptors (Lipinski definition) is 10. The molecule has 0 atom stereocenters. The van der Waals surface area contributed by atoms with Crippen LogP contribution in [0.2, 0.25) is 0 Å². The van der Waals surface area contributed by atoms with Gasteiger partial charge in [0.05, 0.1) is 0 Å². The Balaban J connectivity index is -0.000000150. The molecule has 0 aliphatic rings. The molecule has 0 spiro atoms. The van der Waals surface area contributed by atoms with Crippen molar-refractivity contribution in [2.24, 2.45) is 0 Å². The van der Waals surface area contributed by atoms with E-state index >= 15 is 0 Å². The molecule has 0 N–H and O–H groups in total. The molecule has 0 aromatic carbocycles. The maximum Gasteiger partial charge on any atom is 2.00 e. The minimum atomic E-state index is -1.59. The first kappa shape index (κ1) is 28.4. The van der Waals surface area contributed by atoms with E-state index in [2.05, 4.69) is 14.0 Å². The fraction of sp³-hybridized carbons (Fsp3) is 0.500. The molecular weight excluding hydrogens is 315 g/mol. The van der Waals surface area contributed by atoms with Crippen molar-refractivity contribution in [2.45, 2.75) is 34.6 Å². The van der Waals surface area contributed by atoms with E-state index in [1.54, 1.807) is 0 Å². The van der Waals surface area contributed by atoms with Gasteiger partial charge in [-0.3, -0.25) is 14.4 Å². The third kappa shape index (κ3) is 51.8. The van der Waals surface area contributed by atoms with Crippen molar-refractivity contribution < 1.29 is 48.1 Å². The van der Waals surface area contributed by atoms with E-state index in [0.717, 1.165) is 34.6 Å². The summed E-state index contributed by atoms with van der Waals surface area (Å²) in [5, 5.41) is 17.8. The van der Waals surface area contributed by atoms with Gasteiger partial charge >= 0.3 is 30.4 Å².